The lowest BCUT2D eigenvalue weighted by Crippen LogP contribution is -2.27. The third-order valence-corrected chi connectivity index (χ3v) is 4.33. The number of likely N-dealkylation sites (N-methyl/N-ethyl adjacent to an activating group) is 1. The number of carbonyl (C=O) groups is 2. The van der Waals surface area contributed by atoms with Crippen LogP contribution in [0.2, 0.25) is 0 Å². The lowest BCUT2D eigenvalue weighted by molar-refractivity contribution is -0.137. The maximum Gasteiger partial charge on any atom is 0.323 e. The molecule has 0 unspecified atom stereocenters. The van der Waals surface area contributed by atoms with Crippen LogP contribution >= 0.6 is 0 Å². The first kappa shape index (κ1) is 19.8. The molecule has 0 aliphatic rings. The molecule has 0 radical (unpaired) electrons. The molecule has 1 heterocycles. The maximum absolute atomic E-state index is 13.7. The predicted octanol–water partition coefficient (Wildman–Crippen LogP) is 3.57. The van der Waals surface area contributed by atoms with Gasteiger partial charge in [-0.2, -0.15) is 5.26 Å². The fraction of sp³-hybridized carbons (Fsp3) is 0.0952. The number of nitriles is 1. The molecule has 0 atom stereocenters. The molecule has 0 saturated heterocycles. The lowest BCUT2D eigenvalue weighted by atomic mass is 10.1. The molecule has 29 heavy (non-hydrogen) atoms. The van der Waals surface area contributed by atoms with Crippen LogP contribution in [0.25, 0.3) is 17.0 Å². The molecule has 0 bridgehead atoms. The zero-order valence-electron chi connectivity index (χ0n) is 15.3. The summed E-state index contributed by atoms with van der Waals surface area (Å²) in [5, 5.41) is 18.9. The van der Waals surface area contributed by atoms with Crippen LogP contribution in [0.15, 0.2) is 54.2 Å². The van der Waals surface area contributed by atoms with Gasteiger partial charge >= 0.3 is 5.97 Å². The number of rotatable bonds is 5. The van der Waals surface area contributed by atoms with Gasteiger partial charge in [0, 0.05) is 35.4 Å². The molecular weight excluding hydrogens is 380 g/mol. The summed E-state index contributed by atoms with van der Waals surface area (Å²) in [7, 11) is 1.40. The van der Waals surface area contributed by atoms with E-state index in [1.165, 1.54) is 60.3 Å². The SMILES string of the molecule is CN(C(=O)/C(C#N)=C/c1cn(CC(=O)O)c2ccc(F)cc12)c1cccc(F)c1. The third kappa shape index (κ3) is 4.14. The maximum atomic E-state index is 13.7. The predicted molar refractivity (Wildman–Crippen MR) is 103 cm³/mol. The number of anilines is 1. The summed E-state index contributed by atoms with van der Waals surface area (Å²) < 4.78 is 28.6. The van der Waals surface area contributed by atoms with E-state index in [0.29, 0.717) is 16.5 Å². The van der Waals surface area contributed by atoms with Crippen molar-refractivity contribution in [1.82, 2.24) is 4.57 Å². The summed E-state index contributed by atoms with van der Waals surface area (Å²) in [6.07, 6.45) is 2.70. The number of aliphatic carboxylic acids is 1. The normalized spacial score (nSPS) is 11.3. The van der Waals surface area contributed by atoms with Crippen LogP contribution in [0.5, 0.6) is 0 Å². The summed E-state index contributed by atoms with van der Waals surface area (Å²) in [5.41, 5.74) is 0.757. The van der Waals surface area contributed by atoms with Gasteiger partial charge in [-0.1, -0.05) is 6.07 Å². The molecule has 0 fully saturated rings. The van der Waals surface area contributed by atoms with Gasteiger partial charge in [-0.25, -0.2) is 8.78 Å². The number of benzene rings is 2. The smallest absolute Gasteiger partial charge is 0.323 e. The quantitative estimate of drug-likeness (QED) is 0.529. The van der Waals surface area contributed by atoms with E-state index in [0.717, 1.165) is 11.0 Å². The van der Waals surface area contributed by atoms with E-state index >= 15 is 0 Å². The fourth-order valence-corrected chi connectivity index (χ4v) is 2.97. The molecule has 146 valence electrons. The Labute approximate surface area is 164 Å². The zero-order valence-corrected chi connectivity index (χ0v) is 15.3. The number of carbonyl (C=O) groups excluding carboxylic acids is 1. The third-order valence-electron chi connectivity index (χ3n) is 4.33. The number of nitrogens with zero attached hydrogens (tertiary/aromatic N) is 3. The van der Waals surface area contributed by atoms with Crippen molar-refractivity contribution in [2.75, 3.05) is 11.9 Å². The van der Waals surface area contributed by atoms with E-state index in [1.54, 1.807) is 6.07 Å². The molecule has 0 aliphatic heterocycles. The van der Waals surface area contributed by atoms with E-state index < -0.39 is 23.5 Å². The largest absolute Gasteiger partial charge is 0.480 e. The molecule has 0 spiro atoms. The van der Waals surface area contributed by atoms with Gasteiger partial charge < -0.3 is 14.6 Å². The van der Waals surface area contributed by atoms with E-state index in [-0.39, 0.29) is 17.8 Å². The van der Waals surface area contributed by atoms with Crippen molar-refractivity contribution in [3.05, 3.63) is 71.4 Å². The summed E-state index contributed by atoms with van der Waals surface area (Å²) in [4.78, 5) is 24.9. The summed E-state index contributed by atoms with van der Waals surface area (Å²) in [6.45, 7) is -0.366. The molecule has 1 amide bonds. The first-order valence-electron chi connectivity index (χ1n) is 8.45. The fourth-order valence-electron chi connectivity index (χ4n) is 2.97. The number of aromatic nitrogens is 1. The monoisotopic (exact) mass is 395 g/mol. The van der Waals surface area contributed by atoms with Crippen LogP contribution in [-0.2, 0) is 16.1 Å². The first-order chi connectivity index (χ1) is 13.8. The van der Waals surface area contributed by atoms with E-state index in [2.05, 4.69) is 0 Å². The van der Waals surface area contributed by atoms with Gasteiger partial charge in [-0.05, 0) is 42.5 Å². The van der Waals surface area contributed by atoms with E-state index in [9.17, 15) is 23.6 Å². The Morgan fingerprint density at radius 2 is 1.93 bits per heavy atom. The van der Waals surface area contributed by atoms with Gasteiger partial charge in [0.15, 0.2) is 0 Å². The van der Waals surface area contributed by atoms with Crippen LogP contribution in [-0.4, -0.2) is 28.6 Å². The number of carboxylic acid groups (broad SMARTS) is 1. The molecule has 6 nitrogen and oxygen atoms in total. The highest BCUT2D eigenvalue weighted by Gasteiger charge is 2.18. The van der Waals surface area contributed by atoms with Gasteiger partial charge in [0.2, 0.25) is 0 Å². The van der Waals surface area contributed by atoms with Crippen LogP contribution in [0, 0.1) is 23.0 Å². The molecule has 3 aromatic rings. The van der Waals surface area contributed by atoms with Crippen LogP contribution in [0.1, 0.15) is 5.56 Å². The zero-order chi connectivity index (χ0) is 21.1. The van der Waals surface area contributed by atoms with Crippen molar-refractivity contribution in [1.29, 1.82) is 5.26 Å². The molecule has 0 aliphatic carbocycles. The summed E-state index contributed by atoms with van der Waals surface area (Å²) in [6, 6.07) is 11.0. The Morgan fingerprint density at radius 1 is 1.21 bits per heavy atom. The van der Waals surface area contributed by atoms with Crippen molar-refractivity contribution in [3.8, 4) is 6.07 Å². The van der Waals surface area contributed by atoms with Gasteiger partial charge in [-0.3, -0.25) is 9.59 Å². The van der Waals surface area contributed by atoms with E-state index in [4.69, 9.17) is 5.11 Å². The lowest BCUT2D eigenvalue weighted by Gasteiger charge is -2.16. The average Bonchev–Trinajstić information content (AvgIpc) is 3.00. The average molecular weight is 395 g/mol. The van der Waals surface area contributed by atoms with Gasteiger partial charge in [0.1, 0.15) is 29.8 Å². The highest BCUT2D eigenvalue weighted by atomic mass is 19.1. The number of fused-ring (bicyclic) bond motifs is 1. The molecular formula is C21H15F2N3O3. The highest BCUT2D eigenvalue weighted by molar-refractivity contribution is 6.11. The van der Waals surface area contributed by atoms with Gasteiger partial charge in [-0.15, -0.1) is 0 Å². The number of halogens is 2. The number of carboxylic acids is 1. The molecule has 1 N–H and O–H groups in total. The standard InChI is InChI=1S/C21H15F2N3O3/c1-25(17-4-2-3-15(22)8-17)21(29)13(10-24)7-14-11-26(12-20(27)28)19-6-5-16(23)9-18(14)19/h2-9,11H,12H2,1H3,(H,27,28)/b13-7+. The Hall–Kier alpha value is -3.99. The Balaban J connectivity index is 2.06. The molecule has 0 saturated carbocycles. The van der Waals surface area contributed by atoms with Crippen LogP contribution in [0.3, 0.4) is 0 Å². The molecule has 3 rings (SSSR count). The minimum Gasteiger partial charge on any atom is -0.480 e. The van der Waals surface area contributed by atoms with Crippen LogP contribution in [0.4, 0.5) is 14.5 Å². The number of hydrogen-bond acceptors (Lipinski definition) is 3. The Bertz CT molecular complexity index is 1190. The van der Waals surface area contributed by atoms with Gasteiger partial charge in [0.25, 0.3) is 5.91 Å². The number of hydrogen-bond donors (Lipinski definition) is 1. The van der Waals surface area contributed by atoms with Crippen molar-refractivity contribution in [2.24, 2.45) is 0 Å². The van der Waals surface area contributed by atoms with Crippen molar-refractivity contribution < 1.29 is 23.5 Å². The van der Waals surface area contributed by atoms with Crippen molar-refractivity contribution >= 4 is 34.5 Å². The Kier molecular flexibility index (Phi) is 5.41. The second kappa shape index (κ2) is 7.94. The minimum atomic E-state index is -1.09. The second-order valence-corrected chi connectivity index (χ2v) is 6.28. The summed E-state index contributed by atoms with van der Waals surface area (Å²) >= 11 is 0. The molecule has 2 aromatic carbocycles. The highest BCUT2D eigenvalue weighted by Crippen LogP contribution is 2.26. The van der Waals surface area contributed by atoms with Crippen LogP contribution < -0.4 is 4.90 Å². The van der Waals surface area contributed by atoms with Crippen molar-refractivity contribution in [2.45, 2.75) is 6.54 Å². The minimum absolute atomic E-state index is 0.260. The molecule has 1 aromatic heterocycles. The number of amides is 1. The second-order valence-electron chi connectivity index (χ2n) is 6.28. The molecule has 8 heteroatoms. The topological polar surface area (TPSA) is 86.3 Å². The van der Waals surface area contributed by atoms with E-state index in [1.807, 2.05) is 0 Å². The first-order valence-corrected chi connectivity index (χ1v) is 8.45. The summed E-state index contributed by atoms with van der Waals surface area (Å²) in [5.74, 6) is -2.85. The van der Waals surface area contributed by atoms with Gasteiger partial charge in [0.05, 0.1) is 0 Å². The Morgan fingerprint density at radius 3 is 2.59 bits per heavy atom. The van der Waals surface area contributed by atoms with Crippen molar-refractivity contribution in [3.63, 3.8) is 0 Å².